The van der Waals surface area contributed by atoms with E-state index in [0.29, 0.717) is 44.5 Å². The maximum absolute atomic E-state index is 14.2. The Hall–Kier alpha value is -1.46. The number of hydrogen-bond donors (Lipinski definition) is 1. The number of rotatable bonds is 4. The van der Waals surface area contributed by atoms with Gasteiger partial charge in [-0.25, -0.2) is 4.39 Å². The summed E-state index contributed by atoms with van der Waals surface area (Å²) in [7, 11) is 0. The second-order valence-corrected chi connectivity index (χ2v) is 7.75. The molecule has 24 heavy (non-hydrogen) atoms. The molecule has 2 saturated heterocycles. The van der Waals surface area contributed by atoms with Crippen molar-refractivity contribution in [1.29, 1.82) is 0 Å². The van der Waals surface area contributed by atoms with E-state index in [1.54, 1.807) is 23.1 Å². The predicted molar refractivity (Wildman–Crippen MR) is 89.1 cm³/mol. The van der Waals surface area contributed by atoms with Crippen molar-refractivity contribution in [2.24, 2.45) is 0 Å². The summed E-state index contributed by atoms with van der Waals surface area (Å²) in [5.74, 6) is -0.306. The molecule has 3 aliphatic rings. The van der Waals surface area contributed by atoms with Gasteiger partial charge in [0.2, 0.25) is 5.91 Å². The molecule has 5 heteroatoms. The third-order valence-electron chi connectivity index (χ3n) is 5.88. The lowest BCUT2D eigenvalue weighted by Gasteiger charge is -2.29. The number of hydrogen-bond acceptors (Lipinski definition) is 3. The minimum Gasteiger partial charge on any atom is -0.387 e. The van der Waals surface area contributed by atoms with E-state index in [0.717, 1.165) is 13.1 Å². The highest BCUT2D eigenvalue weighted by Crippen LogP contribution is 2.51. The van der Waals surface area contributed by atoms with Gasteiger partial charge in [0.05, 0.1) is 17.6 Å². The van der Waals surface area contributed by atoms with Crippen molar-refractivity contribution in [3.8, 4) is 0 Å². The zero-order valence-electron chi connectivity index (χ0n) is 14.0. The highest BCUT2D eigenvalue weighted by Gasteiger charge is 2.56. The Morgan fingerprint density at radius 2 is 1.83 bits per heavy atom. The third-order valence-corrected chi connectivity index (χ3v) is 5.88. The van der Waals surface area contributed by atoms with Crippen molar-refractivity contribution in [3.63, 3.8) is 0 Å². The van der Waals surface area contributed by atoms with Crippen LogP contribution in [0.5, 0.6) is 0 Å². The van der Waals surface area contributed by atoms with Crippen LogP contribution in [0.15, 0.2) is 24.3 Å². The summed E-state index contributed by atoms with van der Waals surface area (Å²) in [6.45, 7) is 3.66. The normalized spacial score (nSPS) is 29.2. The summed E-state index contributed by atoms with van der Waals surface area (Å²) < 4.78 is 14.2. The Morgan fingerprint density at radius 1 is 1.12 bits per heavy atom. The van der Waals surface area contributed by atoms with Crippen LogP contribution in [-0.2, 0) is 10.2 Å². The van der Waals surface area contributed by atoms with E-state index >= 15 is 0 Å². The zero-order valence-corrected chi connectivity index (χ0v) is 14.0. The van der Waals surface area contributed by atoms with Gasteiger partial charge in [0, 0.05) is 18.7 Å². The van der Waals surface area contributed by atoms with Crippen molar-refractivity contribution < 1.29 is 14.3 Å². The number of nitrogens with zero attached hydrogens (tertiary/aromatic N) is 2. The standard InChI is InChI=1S/C19H25FN2O2/c20-16-6-2-1-5-15(16)19(7-8-19)17(23)22-12-9-18(24,14-22)13-21-10-3-4-11-21/h1-2,5-6,24H,3-4,7-14H2. The molecule has 0 aromatic heterocycles. The first kappa shape index (κ1) is 16.0. The van der Waals surface area contributed by atoms with Crippen molar-refractivity contribution in [2.45, 2.75) is 43.1 Å². The SMILES string of the molecule is O=C(N1CCC(O)(CN2CCCC2)C1)C1(c2ccccc2F)CC1. The molecule has 1 saturated carbocycles. The van der Waals surface area contributed by atoms with Gasteiger partial charge in [0.25, 0.3) is 0 Å². The lowest BCUT2D eigenvalue weighted by Crippen LogP contribution is -2.46. The van der Waals surface area contributed by atoms with Crippen LogP contribution in [-0.4, -0.2) is 59.1 Å². The first-order valence-electron chi connectivity index (χ1n) is 9.02. The Labute approximate surface area is 142 Å². The number of benzene rings is 1. The molecule has 130 valence electrons. The van der Waals surface area contributed by atoms with Crippen LogP contribution in [0.1, 0.15) is 37.7 Å². The second-order valence-electron chi connectivity index (χ2n) is 7.75. The molecule has 3 fully saturated rings. The summed E-state index contributed by atoms with van der Waals surface area (Å²) in [5, 5.41) is 10.9. The number of carbonyl (C=O) groups excluding carboxylic acids is 1. The number of likely N-dealkylation sites (tertiary alicyclic amines) is 2. The minimum absolute atomic E-state index is 0.00931. The fraction of sp³-hybridized carbons (Fsp3) is 0.632. The predicted octanol–water partition coefficient (Wildman–Crippen LogP) is 1.92. The molecule has 0 radical (unpaired) electrons. The fourth-order valence-corrected chi connectivity index (χ4v) is 4.39. The summed E-state index contributed by atoms with van der Waals surface area (Å²) in [5.41, 5.74) is -0.986. The van der Waals surface area contributed by atoms with Gasteiger partial charge in [0.15, 0.2) is 0 Å². The van der Waals surface area contributed by atoms with E-state index in [-0.39, 0.29) is 11.7 Å². The highest BCUT2D eigenvalue weighted by molar-refractivity contribution is 5.91. The van der Waals surface area contributed by atoms with E-state index in [2.05, 4.69) is 4.90 Å². The molecule has 0 bridgehead atoms. The van der Waals surface area contributed by atoms with Crippen molar-refractivity contribution >= 4 is 5.91 Å². The second kappa shape index (κ2) is 5.81. The molecule has 2 heterocycles. The van der Waals surface area contributed by atoms with Gasteiger partial charge in [0.1, 0.15) is 5.82 Å². The third kappa shape index (κ3) is 2.74. The summed E-state index contributed by atoms with van der Waals surface area (Å²) in [6, 6.07) is 6.60. The van der Waals surface area contributed by atoms with Gasteiger partial charge < -0.3 is 14.9 Å². The van der Waals surface area contributed by atoms with Crippen molar-refractivity contribution in [3.05, 3.63) is 35.6 Å². The molecular weight excluding hydrogens is 307 g/mol. The maximum Gasteiger partial charge on any atom is 0.233 e. The number of amides is 1. The first-order valence-corrected chi connectivity index (χ1v) is 9.02. The Balaban J connectivity index is 1.47. The topological polar surface area (TPSA) is 43.8 Å². The van der Waals surface area contributed by atoms with E-state index < -0.39 is 11.0 Å². The molecule has 4 rings (SSSR count). The Bertz CT molecular complexity index is 640. The van der Waals surface area contributed by atoms with Crippen LogP contribution in [0, 0.1) is 5.82 Å². The lowest BCUT2D eigenvalue weighted by molar-refractivity contribution is -0.134. The van der Waals surface area contributed by atoms with Gasteiger partial charge in [-0.1, -0.05) is 18.2 Å². The van der Waals surface area contributed by atoms with E-state index in [9.17, 15) is 14.3 Å². The maximum atomic E-state index is 14.2. The van der Waals surface area contributed by atoms with Gasteiger partial charge >= 0.3 is 0 Å². The van der Waals surface area contributed by atoms with E-state index in [4.69, 9.17) is 0 Å². The minimum atomic E-state index is -0.814. The molecule has 1 aromatic carbocycles. The molecule has 1 aromatic rings. The Kier molecular flexibility index (Phi) is 3.88. The Morgan fingerprint density at radius 3 is 2.50 bits per heavy atom. The van der Waals surface area contributed by atoms with Gasteiger partial charge in [-0.2, -0.15) is 0 Å². The summed E-state index contributed by atoms with van der Waals surface area (Å²) in [6.07, 6.45) is 4.40. The number of aliphatic hydroxyl groups is 1. The molecule has 0 spiro atoms. The molecular formula is C19H25FN2O2. The number of β-amino-alcohol motifs (C(OH)–C–C–N with tert-alkyl or cyclic N) is 1. The van der Waals surface area contributed by atoms with Crippen LogP contribution in [0.4, 0.5) is 4.39 Å². The quantitative estimate of drug-likeness (QED) is 0.916. The molecule has 4 nitrogen and oxygen atoms in total. The molecule has 1 unspecified atom stereocenters. The average Bonchev–Trinajstić information content (AvgIpc) is 3.04. The van der Waals surface area contributed by atoms with Crippen LogP contribution in [0.3, 0.4) is 0 Å². The molecule has 1 aliphatic carbocycles. The monoisotopic (exact) mass is 332 g/mol. The van der Waals surface area contributed by atoms with Crippen molar-refractivity contribution in [2.75, 3.05) is 32.7 Å². The number of carbonyl (C=O) groups is 1. The van der Waals surface area contributed by atoms with Crippen LogP contribution >= 0.6 is 0 Å². The van der Waals surface area contributed by atoms with Crippen LogP contribution in [0.2, 0.25) is 0 Å². The number of halogens is 1. The average molecular weight is 332 g/mol. The molecule has 2 aliphatic heterocycles. The molecule has 1 amide bonds. The van der Waals surface area contributed by atoms with E-state index in [1.165, 1.54) is 18.9 Å². The van der Waals surface area contributed by atoms with Crippen LogP contribution < -0.4 is 0 Å². The summed E-state index contributed by atoms with van der Waals surface area (Å²) >= 11 is 0. The van der Waals surface area contributed by atoms with E-state index in [1.807, 2.05) is 0 Å². The molecule has 1 N–H and O–H groups in total. The van der Waals surface area contributed by atoms with Crippen molar-refractivity contribution in [1.82, 2.24) is 9.80 Å². The summed E-state index contributed by atoms with van der Waals surface area (Å²) in [4.78, 5) is 17.1. The van der Waals surface area contributed by atoms with Crippen LogP contribution in [0.25, 0.3) is 0 Å². The smallest absolute Gasteiger partial charge is 0.233 e. The lowest BCUT2D eigenvalue weighted by atomic mass is 9.93. The fourth-order valence-electron chi connectivity index (χ4n) is 4.39. The first-order chi connectivity index (χ1) is 11.5. The zero-order chi connectivity index (χ0) is 16.8. The van der Waals surface area contributed by atoms with Gasteiger partial charge in [-0.3, -0.25) is 4.79 Å². The highest BCUT2D eigenvalue weighted by atomic mass is 19.1. The van der Waals surface area contributed by atoms with Gasteiger partial charge in [-0.15, -0.1) is 0 Å². The van der Waals surface area contributed by atoms with Gasteiger partial charge in [-0.05, 0) is 51.3 Å². The molecule has 1 atom stereocenters. The largest absolute Gasteiger partial charge is 0.387 e.